The number of carbonyl (C=O) groups is 4. The molecule has 3 N–H and O–H groups in total. The van der Waals surface area contributed by atoms with Gasteiger partial charge in [-0.2, -0.15) is 0 Å². The fourth-order valence-corrected chi connectivity index (χ4v) is 4.00. The van der Waals surface area contributed by atoms with E-state index < -0.39 is 46.3 Å². The third-order valence-corrected chi connectivity index (χ3v) is 5.62. The molecule has 146 valence electrons. The lowest BCUT2D eigenvalue weighted by molar-refractivity contribution is -0.137. The second kappa shape index (κ2) is 8.16. The summed E-state index contributed by atoms with van der Waals surface area (Å²) in [5.74, 6) is -3.14. The van der Waals surface area contributed by atoms with Crippen molar-refractivity contribution in [2.75, 3.05) is 13.1 Å². The maximum absolute atomic E-state index is 12.4. The Bertz CT molecular complexity index is 882. The summed E-state index contributed by atoms with van der Waals surface area (Å²) in [5.41, 5.74) is -0.00507. The summed E-state index contributed by atoms with van der Waals surface area (Å²) in [5, 5.41) is 13.3. The smallest absolute Gasteiger partial charge is 0.303 e. The zero-order valence-electron chi connectivity index (χ0n) is 14.5. The van der Waals surface area contributed by atoms with Crippen molar-refractivity contribution >= 4 is 33.7 Å². The lowest BCUT2D eigenvalue weighted by Crippen LogP contribution is -2.49. The quantitative estimate of drug-likeness (QED) is 0.492. The van der Waals surface area contributed by atoms with Crippen molar-refractivity contribution in [3.8, 4) is 0 Å². The van der Waals surface area contributed by atoms with Gasteiger partial charge in [0.2, 0.25) is 11.8 Å². The molecule has 10 nitrogen and oxygen atoms in total. The van der Waals surface area contributed by atoms with Crippen molar-refractivity contribution in [2.45, 2.75) is 30.7 Å². The number of hydrogen-bond acceptors (Lipinski definition) is 6. The first-order valence-corrected chi connectivity index (χ1v) is 9.53. The van der Waals surface area contributed by atoms with Gasteiger partial charge in [0.05, 0.1) is 5.56 Å². The van der Waals surface area contributed by atoms with E-state index in [1.807, 2.05) is 0 Å². The van der Waals surface area contributed by atoms with E-state index in [1.54, 1.807) is 0 Å². The summed E-state index contributed by atoms with van der Waals surface area (Å²) in [4.78, 5) is 46.4. The van der Waals surface area contributed by atoms with Gasteiger partial charge in [-0.25, -0.2) is 12.7 Å². The summed E-state index contributed by atoms with van der Waals surface area (Å²) < 4.78 is 25.2. The van der Waals surface area contributed by atoms with E-state index in [2.05, 4.69) is 10.6 Å². The van der Waals surface area contributed by atoms with Crippen LogP contribution in [0.1, 0.15) is 30.1 Å². The van der Waals surface area contributed by atoms with Crippen LogP contribution in [0.2, 0.25) is 0 Å². The van der Waals surface area contributed by atoms with E-state index in [0.717, 1.165) is 0 Å². The van der Waals surface area contributed by atoms with Crippen LogP contribution in [0.3, 0.4) is 0 Å². The Morgan fingerprint density at radius 3 is 2.52 bits per heavy atom. The van der Waals surface area contributed by atoms with Gasteiger partial charge >= 0.3 is 5.97 Å². The van der Waals surface area contributed by atoms with Crippen molar-refractivity contribution in [3.63, 3.8) is 0 Å². The van der Waals surface area contributed by atoms with Crippen molar-refractivity contribution in [3.05, 3.63) is 29.8 Å². The Kier molecular flexibility index (Phi) is 6.16. The van der Waals surface area contributed by atoms with Gasteiger partial charge in [0.15, 0.2) is 0 Å². The highest BCUT2D eigenvalue weighted by Gasteiger charge is 2.41. The number of hydrogen-bond donors (Lipinski definition) is 3. The first-order chi connectivity index (χ1) is 12.6. The number of benzene rings is 1. The fraction of sp³-hybridized carbons (Fsp3) is 0.375. The van der Waals surface area contributed by atoms with Crippen LogP contribution in [0.4, 0.5) is 0 Å². The number of aliphatic carboxylic acids is 1. The molecule has 1 atom stereocenters. The molecule has 1 aromatic carbocycles. The van der Waals surface area contributed by atoms with Crippen LogP contribution < -0.4 is 10.6 Å². The van der Waals surface area contributed by atoms with E-state index in [-0.39, 0.29) is 29.8 Å². The average Bonchev–Trinajstić information content (AvgIpc) is 2.79. The fourth-order valence-electron chi connectivity index (χ4n) is 2.47. The minimum Gasteiger partial charge on any atom is -0.481 e. The number of carboxylic acids is 1. The maximum atomic E-state index is 12.4. The Hall–Kier alpha value is -2.95. The van der Waals surface area contributed by atoms with Gasteiger partial charge in [-0.3, -0.25) is 19.2 Å². The third kappa shape index (κ3) is 4.61. The van der Waals surface area contributed by atoms with Gasteiger partial charge in [-0.1, -0.05) is 12.1 Å². The molecule has 27 heavy (non-hydrogen) atoms. The molecule has 1 aliphatic rings. The predicted octanol–water partition coefficient (Wildman–Crippen LogP) is -0.683. The average molecular weight is 397 g/mol. The van der Waals surface area contributed by atoms with Crippen LogP contribution in [0.15, 0.2) is 29.2 Å². The van der Waals surface area contributed by atoms with Gasteiger partial charge in [0.1, 0.15) is 17.5 Å². The largest absolute Gasteiger partial charge is 0.481 e. The Morgan fingerprint density at radius 1 is 1.22 bits per heavy atom. The molecule has 0 fully saturated rings. The molecular formula is C16H19N3O7S. The molecule has 3 amide bonds. The van der Waals surface area contributed by atoms with Gasteiger partial charge in [0, 0.05) is 13.0 Å². The zero-order chi connectivity index (χ0) is 20.2. The van der Waals surface area contributed by atoms with E-state index >= 15 is 0 Å². The van der Waals surface area contributed by atoms with Crippen LogP contribution in [-0.2, 0) is 24.4 Å². The van der Waals surface area contributed by atoms with Crippen LogP contribution in [0.5, 0.6) is 0 Å². The number of carbonyl (C=O) groups excluding carboxylic acids is 3. The van der Waals surface area contributed by atoms with Crippen LogP contribution in [0.25, 0.3) is 0 Å². The Labute approximate surface area is 155 Å². The summed E-state index contributed by atoms with van der Waals surface area (Å²) in [7, 11) is -4.11. The van der Waals surface area contributed by atoms with Crippen molar-refractivity contribution in [2.24, 2.45) is 0 Å². The third-order valence-electron chi connectivity index (χ3n) is 3.84. The Morgan fingerprint density at radius 2 is 1.89 bits per heavy atom. The van der Waals surface area contributed by atoms with Crippen molar-refractivity contribution in [1.82, 2.24) is 14.9 Å². The standard InChI is InChI=1S/C16H19N3O7S/c1-10(15(23)17-8-4-7-14(21)22)18-13(20)9-19-16(24)11-5-2-3-6-12(11)27(19,25)26/h2-3,5-6,10H,4,7-9H2,1H3,(H,17,23)(H,18,20)(H,21,22). The molecule has 2 rings (SSSR count). The first-order valence-electron chi connectivity index (χ1n) is 8.09. The van der Waals surface area contributed by atoms with E-state index in [9.17, 15) is 27.6 Å². The molecule has 1 aromatic rings. The molecule has 0 bridgehead atoms. The van der Waals surface area contributed by atoms with E-state index in [4.69, 9.17) is 5.11 Å². The topological polar surface area (TPSA) is 150 Å². The SMILES string of the molecule is CC(NC(=O)CN1C(=O)c2ccccc2S1(=O)=O)C(=O)NCCCC(=O)O. The van der Waals surface area contributed by atoms with Crippen LogP contribution in [0, 0.1) is 0 Å². The van der Waals surface area contributed by atoms with Crippen molar-refractivity contribution in [1.29, 1.82) is 0 Å². The van der Waals surface area contributed by atoms with E-state index in [0.29, 0.717) is 4.31 Å². The molecule has 11 heteroatoms. The number of fused-ring (bicyclic) bond motifs is 1. The van der Waals surface area contributed by atoms with Gasteiger partial charge < -0.3 is 15.7 Å². The lowest BCUT2D eigenvalue weighted by Gasteiger charge is -2.18. The second-order valence-corrected chi connectivity index (χ2v) is 7.72. The molecular weight excluding hydrogens is 378 g/mol. The van der Waals surface area contributed by atoms with Gasteiger partial charge in [0.25, 0.3) is 15.9 Å². The van der Waals surface area contributed by atoms with Gasteiger partial charge in [-0.05, 0) is 25.5 Å². The molecule has 1 heterocycles. The Balaban J connectivity index is 1.91. The summed E-state index contributed by atoms with van der Waals surface area (Å²) >= 11 is 0. The van der Waals surface area contributed by atoms with Crippen molar-refractivity contribution < 1.29 is 32.7 Å². The summed E-state index contributed by atoms with van der Waals surface area (Å²) in [6, 6.07) is 4.66. The molecule has 0 aliphatic carbocycles. The molecule has 0 saturated carbocycles. The van der Waals surface area contributed by atoms with Gasteiger partial charge in [-0.15, -0.1) is 0 Å². The predicted molar refractivity (Wildman–Crippen MR) is 92.1 cm³/mol. The summed E-state index contributed by atoms with van der Waals surface area (Å²) in [6.07, 6.45) is 0.136. The number of amides is 3. The number of nitrogens with zero attached hydrogens (tertiary/aromatic N) is 1. The molecule has 1 aliphatic heterocycles. The van der Waals surface area contributed by atoms with E-state index in [1.165, 1.54) is 31.2 Å². The molecule has 0 saturated heterocycles. The number of sulfonamides is 1. The second-order valence-electron chi connectivity index (χ2n) is 5.89. The molecule has 0 aromatic heterocycles. The molecule has 0 radical (unpaired) electrons. The number of carboxylic acid groups (broad SMARTS) is 1. The molecule has 1 unspecified atom stereocenters. The highest BCUT2D eigenvalue weighted by molar-refractivity contribution is 7.90. The maximum Gasteiger partial charge on any atom is 0.303 e. The minimum absolute atomic E-state index is 0.00507. The molecule has 0 spiro atoms. The summed E-state index contributed by atoms with van der Waals surface area (Å²) in [6.45, 7) is 0.769. The minimum atomic E-state index is -4.11. The lowest BCUT2D eigenvalue weighted by atomic mass is 10.2. The zero-order valence-corrected chi connectivity index (χ0v) is 15.3. The normalized spacial score (nSPS) is 15.7. The highest BCUT2D eigenvalue weighted by Crippen LogP contribution is 2.29. The number of nitrogens with one attached hydrogen (secondary N) is 2. The monoisotopic (exact) mass is 397 g/mol. The first kappa shape index (κ1) is 20.4. The highest BCUT2D eigenvalue weighted by atomic mass is 32.2. The van der Waals surface area contributed by atoms with Crippen LogP contribution >= 0.6 is 0 Å². The number of rotatable bonds is 8. The van der Waals surface area contributed by atoms with Crippen LogP contribution in [-0.4, -0.2) is 60.7 Å².